The van der Waals surface area contributed by atoms with Crippen LogP contribution in [0.4, 0.5) is 0 Å². The number of likely N-dealkylation sites (tertiary alicyclic amines) is 1. The number of nitrogens with one attached hydrogen (secondary N) is 1. The van der Waals surface area contributed by atoms with Gasteiger partial charge in [-0.15, -0.1) is 11.3 Å². The first-order valence-electron chi connectivity index (χ1n) is 7.00. The number of aryl methyl sites for hydroxylation is 1. The first kappa shape index (κ1) is 15.9. The lowest BCUT2D eigenvalue weighted by Crippen LogP contribution is -2.47. The first-order chi connectivity index (χ1) is 9.46. The van der Waals surface area contributed by atoms with Crippen LogP contribution >= 0.6 is 11.3 Å². The average molecular weight is 317 g/mol. The van der Waals surface area contributed by atoms with Crippen LogP contribution in [-0.4, -0.2) is 39.0 Å². The van der Waals surface area contributed by atoms with Gasteiger partial charge in [0.25, 0.3) is 0 Å². The first-order valence-corrected chi connectivity index (χ1v) is 9.30. The number of nitrogens with two attached hydrogens (primary N) is 1. The molecule has 1 aliphatic rings. The molecular formula is C13H23N3O2S2. The highest BCUT2D eigenvalue weighted by molar-refractivity contribution is 7.91. The largest absolute Gasteiger partial charge is 0.326 e. The standard InChI is InChI=1S/C13H23N3O2S2/c1-3-16-6-4-5-11(9-16)15-20(17,18)13-7-10(2)12(8-14)19-13/h7,11,15H,3-6,8-9,14H2,1-2H3. The van der Waals surface area contributed by atoms with Gasteiger partial charge in [0.05, 0.1) is 0 Å². The van der Waals surface area contributed by atoms with E-state index in [1.54, 1.807) is 6.07 Å². The maximum Gasteiger partial charge on any atom is 0.250 e. The van der Waals surface area contributed by atoms with Crippen LogP contribution in [0.3, 0.4) is 0 Å². The van der Waals surface area contributed by atoms with Crippen molar-refractivity contribution in [2.45, 2.75) is 43.5 Å². The zero-order valence-electron chi connectivity index (χ0n) is 12.1. The van der Waals surface area contributed by atoms with E-state index in [9.17, 15) is 8.42 Å². The van der Waals surface area contributed by atoms with E-state index in [-0.39, 0.29) is 6.04 Å². The van der Waals surface area contributed by atoms with E-state index >= 15 is 0 Å². The van der Waals surface area contributed by atoms with Crippen molar-refractivity contribution in [1.82, 2.24) is 9.62 Å². The van der Waals surface area contributed by atoms with E-state index in [0.717, 1.165) is 42.9 Å². The lowest BCUT2D eigenvalue weighted by molar-refractivity contribution is 0.211. The summed E-state index contributed by atoms with van der Waals surface area (Å²) in [5.41, 5.74) is 6.57. The van der Waals surface area contributed by atoms with Crippen LogP contribution in [0.5, 0.6) is 0 Å². The second-order valence-corrected chi connectivity index (χ2v) is 8.31. The number of hydrogen-bond donors (Lipinski definition) is 2. The molecule has 1 atom stereocenters. The van der Waals surface area contributed by atoms with Crippen molar-refractivity contribution in [3.8, 4) is 0 Å². The Morgan fingerprint density at radius 1 is 1.55 bits per heavy atom. The second kappa shape index (κ2) is 6.53. The van der Waals surface area contributed by atoms with Crippen LogP contribution < -0.4 is 10.5 Å². The highest BCUT2D eigenvalue weighted by atomic mass is 32.2. The SMILES string of the molecule is CCN1CCCC(NS(=O)(=O)c2cc(C)c(CN)s2)C1. The Kier molecular flexibility index (Phi) is 5.19. The van der Waals surface area contributed by atoms with Crippen molar-refractivity contribution in [3.05, 3.63) is 16.5 Å². The summed E-state index contributed by atoms with van der Waals surface area (Å²) in [5, 5.41) is 0. The van der Waals surface area contributed by atoms with Gasteiger partial charge in [0.1, 0.15) is 4.21 Å². The lowest BCUT2D eigenvalue weighted by atomic mass is 10.1. The number of piperidine rings is 1. The molecule has 1 aliphatic heterocycles. The van der Waals surface area contributed by atoms with Gasteiger partial charge in [-0.25, -0.2) is 13.1 Å². The molecule has 1 aromatic heterocycles. The minimum absolute atomic E-state index is 0.0115. The van der Waals surface area contributed by atoms with Gasteiger partial charge in [-0.2, -0.15) is 0 Å². The fourth-order valence-corrected chi connectivity index (χ4v) is 5.29. The summed E-state index contributed by atoms with van der Waals surface area (Å²) < 4.78 is 28.1. The zero-order chi connectivity index (χ0) is 14.8. The number of hydrogen-bond acceptors (Lipinski definition) is 5. The number of nitrogens with zero attached hydrogens (tertiary/aromatic N) is 1. The molecule has 2 rings (SSSR count). The number of likely N-dealkylation sites (N-methyl/N-ethyl adjacent to an activating group) is 1. The molecular weight excluding hydrogens is 294 g/mol. The fourth-order valence-electron chi connectivity index (χ4n) is 2.54. The van der Waals surface area contributed by atoms with Gasteiger partial charge >= 0.3 is 0 Å². The third kappa shape index (κ3) is 3.59. The minimum atomic E-state index is -3.42. The molecule has 0 aliphatic carbocycles. The smallest absolute Gasteiger partial charge is 0.250 e. The summed E-state index contributed by atoms with van der Waals surface area (Å²) in [6.07, 6.45) is 1.95. The van der Waals surface area contributed by atoms with Crippen LogP contribution in [0.2, 0.25) is 0 Å². The van der Waals surface area contributed by atoms with E-state index in [2.05, 4.69) is 16.5 Å². The topological polar surface area (TPSA) is 75.4 Å². The summed E-state index contributed by atoms with van der Waals surface area (Å²) >= 11 is 1.27. The van der Waals surface area contributed by atoms with E-state index in [4.69, 9.17) is 5.73 Å². The summed E-state index contributed by atoms with van der Waals surface area (Å²) in [5.74, 6) is 0. The van der Waals surface area contributed by atoms with E-state index in [0.29, 0.717) is 10.8 Å². The molecule has 0 bridgehead atoms. The Labute approximate surface area is 125 Å². The minimum Gasteiger partial charge on any atom is -0.326 e. The Hall–Kier alpha value is -0.470. The van der Waals surface area contributed by atoms with E-state index in [1.807, 2.05) is 6.92 Å². The van der Waals surface area contributed by atoms with Gasteiger partial charge in [-0.1, -0.05) is 6.92 Å². The van der Waals surface area contributed by atoms with Gasteiger partial charge < -0.3 is 10.6 Å². The summed E-state index contributed by atoms with van der Waals surface area (Å²) in [4.78, 5) is 3.21. The number of rotatable bonds is 5. The maximum absolute atomic E-state index is 12.4. The summed E-state index contributed by atoms with van der Waals surface area (Å²) in [6, 6.07) is 1.73. The molecule has 1 saturated heterocycles. The molecule has 0 saturated carbocycles. The Bertz CT molecular complexity index is 554. The van der Waals surface area contributed by atoms with E-state index < -0.39 is 10.0 Å². The molecule has 1 unspecified atom stereocenters. The van der Waals surface area contributed by atoms with Crippen molar-refractivity contribution in [1.29, 1.82) is 0 Å². The molecule has 114 valence electrons. The molecule has 0 radical (unpaired) electrons. The summed E-state index contributed by atoms with van der Waals surface area (Å²) in [6.45, 7) is 7.21. The molecule has 2 heterocycles. The van der Waals surface area contributed by atoms with Gasteiger partial charge in [0, 0.05) is 24.0 Å². The molecule has 0 spiro atoms. The third-order valence-corrected chi connectivity index (χ3v) is 6.98. The normalized spacial score (nSPS) is 21.2. The van der Waals surface area contributed by atoms with Crippen LogP contribution in [-0.2, 0) is 16.6 Å². The van der Waals surface area contributed by atoms with Gasteiger partial charge in [0.2, 0.25) is 10.0 Å². The number of thiophene rings is 1. The van der Waals surface area contributed by atoms with Crippen molar-refractivity contribution in [3.63, 3.8) is 0 Å². The number of sulfonamides is 1. The predicted octanol–water partition coefficient (Wildman–Crippen LogP) is 1.28. The highest BCUT2D eigenvalue weighted by Crippen LogP contribution is 2.26. The highest BCUT2D eigenvalue weighted by Gasteiger charge is 2.26. The Morgan fingerprint density at radius 3 is 2.90 bits per heavy atom. The van der Waals surface area contributed by atoms with Crippen molar-refractivity contribution in [2.24, 2.45) is 5.73 Å². The maximum atomic E-state index is 12.4. The Morgan fingerprint density at radius 2 is 2.30 bits per heavy atom. The molecule has 7 heteroatoms. The fraction of sp³-hybridized carbons (Fsp3) is 0.692. The third-order valence-electron chi connectivity index (χ3n) is 3.72. The van der Waals surface area contributed by atoms with Crippen LogP contribution in [0, 0.1) is 6.92 Å². The van der Waals surface area contributed by atoms with E-state index in [1.165, 1.54) is 11.3 Å². The predicted molar refractivity (Wildman–Crippen MR) is 82.4 cm³/mol. The molecule has 0 aromatic carbocycles. The molecule has 0 amide bonds. The van der Waals surface area contributed by atoms with Crippen LogP contribution in [0.1, 0.15) is 30.2 Å². The average Bonchev–Trinajstić information content (AvgIpc) is 2.80. The molecule has 3 N–H and O–H groups in total. The lowest BCUT2D eigenvalue weighted by Gasteiger charge is -2.31. The van der Waals surface area contributed by atoms with Gasteiger partial charge in [-0.05, 0) is 44.5 Å². The van der Waals surface area contributed by atoms with Gasteiger partial charge in [-0.3, -0.25) is 0 Å². The molecule has 20 heavy (non-hydrogen) atoms. The van der Waals surface area contributed by atoms with Crippen molar-refractivity contribution < 1.29 is 8.42 Å². The van der Waals surface area contributed by atoms with Crippen LogP contribution in [0.25, 0.3) is 0 Å². The van der Waals surface area contributed by atoms with Crippen molar-refractivity contribution >= 4 is 21.4 Å². The monoisotopic (exact) mass is 317 g/mol. The van der Waals surface area contributed by atoms with Crippen LogP contribution in [0.15, 0.2) is 10.3 Å². The summed E-state index contributed by atoms with van der Waals surface area (Å²) in [7, 11) is -3.42. The molecule has 1 aromatic rings. The van der Waals surface area contributed by atoms with Crippen molar-refractivity contribution in [2.75, 3.05) is 19.6 Å². The second-order valence-electron chi connectivity index (χ2n) is 5.23. The molecule has 1 fully saturated rings. The van der Waals surface area contributed by atoms with Gasteiger partial charge in [0.15, 0.2) is 0 Å². The quantitative estimate of drug-likeness (QED) is 0.858. The Balaban J connectivity index is 2.10. The zero-order valence-corrected chi connectivity index (χ0v) is 13.7. The molecule has 5 nitrogen and oxygen atoms in total.